The molecule has 56 valence electrons. The molecule has 0 aliphatic carbocycles. The summed E-state index contributed by atoms with van der Waals surface area (Å²) in [5, 5.41) is 0. The van der Waals surface area contributed by atoms with Crippen LogP contribution in [0.2, 0.25) is 0 Å². The average Bonchev–Trinajstić information content (AvgIpc) is 0.592. The van der Waals surface area contributed by atoms with Crippen molar-refractivity contribution in [2.24, 2.45) is 0 Å². The molecular weight excluding hydrogens is 155 g/mol. The SMILES string of the molecule is [F][Al-3]([F])([F])([F])([F])[F].[NH4+]. The van der Waals surface area contributed by atoms with Gasteiger partial charge in [0.2, 0.25) is 0 Å². The summed E-state index contributed by atoms with van der Waals surface area (Å²) in [6.07, 6.45) is 0. The minimum atomic E-state index is -11.0. The van der Waals surface area contributed by atoms with E-state index in [1.165, 1.54) is 0 Å². The van der Waals surface area contributed by atoms with E-state index >= 15 is 0 Å². The molecule has 4 N–H and O–H groups in total. The van der Waals surface area contributed by atoms with Gasteiger partial charge in [-0.2, -0.15) is 0 Å². The van der Waals surface area contributed by atoms with Crippen LogP contribution in [0.25, 0.3) is 0 Å². The van der Waals surface area contributed by atoms with E-state index in [1.54, 1.807) is 0 Å². The Hall–Kier alpha value is 0.0725. The van der Waals surface area contributed by atoms with Gasteiger partial charge in [0.15, 0.2) is 0 Å². The molecule has 0 saturated carbocycles. The predicted molar refractivity (Wildman–Crippen MR) is 18.4 cm³/mol. The largest absolute Gasteiger partial charge is 0.369 e. The molecule has 0 saturated heterocycles. The summed E-state index contributed by atoms with van der Waals surface area (Å²) in [7, 11) is 0. The Morgan fingerprint density at radius 2 is 0.625 bits per heavy atom. The first kappa shape index (κ1) is 11.0. The standard InChI is InChI=1S/Al.6FH.H3N/h;6*1H;1H3/q+3;;;;;;;/p-5. The fourth-order valence-electron chi connectivity index (χ4n) is 0. The van der Waals surface area contributed by atoms with E-state index in [0.717, 1.165) is 0 Å². The molecule has 0 atom stereocenters. The van der Waals surface area contributed by atoms with Gasteiger partial charge in [0.25, 0.3) is 0 Å². The third-order valence-electron chi connectivity index (χ3n) is 0. The maximum atomic E-state index is 9.90. The molecule has 0 heterocycles. The molecule has 0 fully saturated rings. The van der Waals surface area contributed by atoms with Gasteiger partial charge < -0.3 is 6.15 Å². The van der Waals surface area contributed by atoms with Crippen molar-refractivity contribution in [3.63, 3.8) is 0 Å². The van der Waals surface area contributed by atoms with Gasteiger partial charge in [0.1, 0.15) is 0 Å². The fourth-order valence-corrected chi connectivity index (χ4v) is 0. The summed E-state index contributed by atoms with van der Waals surface area (Å²) in [6, 6.07) is 0. The first-order valence-corrected chi connectivity index (χ1v) is 3.93. The summed E-state index contributed by atoms with van der Waals surface area (Å²) in [4.78, 5) is 0. The number of halogens is 6. The zero-order valence-electron chi connectivity index (χ0n) is 3.85. The molecule has 0 aliphatic rings. The zero-order valence-corrected chi connectivity index (χ0v) is 5.00. The molecule has 0 aromatic carbocycles. The van der Waals surface area contributed by atoms with E-state index in [-0.39, 0.29) is 6.15 Å². The Morgan fingerprint density at radius 1 is 0.625 bits per heavy atom. The molecular formula is H4AlF6N-2. The second-order valence-corrected chi connectivity index (χ2v) is 3.71. The van der Waals surface area contributed by atoms with Crippen molar-refractivity contribution in [1.29, 1.82) is 0 Å². The van der Waals surface area contributed by atoms with Gasteiger partial charge in [0, 0.05) is 0 Å². The van der Waals surface area contributed by atoms with Crippen LogP contribution in [0.3, 0.4) is 0 Å². The number of rotatable bonds is 0. The summed E-state index contributed by atoms with van der Waals surface area (Å²) in [5.41, 5.74) is 0. The third-order valence-corrected chi connectivity index (χ3v) is 0. The number of hydrogen-bond donors (Lipinski definition) is 1. The van der Waals surface area contributed by atoms with Crippen molar-refractivity contribution in [2.45, 2.75) is 0 Å². The van der Waals surface area contributed by atoms with Crippen LogP contribution in [0.15, 0.2) is 0 Å². The van der Waals surface area contributed by atoms with Crippen LogP contribution in [0.5, 0.6) is 0 Å². The monoisotopic (exact) mass is 159 g/mol. The van der Waals surface area contributed by atoms with Gasteiger partial charge in [-0.1, -0.05) is 0 Å². The second-order valence-electron chi connectivity index (χ2n) is 1.24. The minimum absolute atomic E-state index is 0. The molecule has 0 aromatic heterocycles. The topological polar surface area (TPSA) is 36.5 Å². The van der Waals surface area contributed by atoms with Crippen molar-refractivity contribution in [2.75, 3.05) is 0 Å². The molecule has 0 spiro atoms. The molecule has 0 amide bonds. The Morgan fingerprint density at radius 3 is 0.625 bits per heavy atom. The molecule has 0 aliphatic heterocycles. The molecule has 0 aromatic rings. The molecule has 0 radical (unpaired) electrons. The normalized spacial score (nSPS) is 20.2. The minimum Gasteiger partial charge on any atom is -0.369 e. The van der Waals surface area contributed by atoms with Crippen LogP contribution in [-0.4, -0.2) is 13.7 Å². The van der Waals surface area contributed by atoms with E-state index in [0.29, 0.717) is 0 Å². The molecule has 0 unspecified atom stereocenters. The average molecular weight is 159 g/mol. The van der Waals surface area contributed by atoms with Gasteiger partial charge in [-0.05, 0) is 0 Å². The van der Waals surface area contributed by atoms with Crippen LogP contribution >= 0.6 is 0 Å². The Kier molecular flexibility index (Phi) is 1.57. The van der Waals surface area contributed by atoms with E-state index < -0.39 is 13.7 Å². The smallest absolute Gasteiger partial charge is 0.369 e. The van der Waals surface area contributed by atoms with Crippen LogP contribution < -0.4 is 6.15 Å². The summed E-state index contributed by atoms with van der Waals surface area (Å²) in [6.45, 7) is 0. The van der Waals surface area contributed by atoms with Crippen molar-refractivity contribution in [3.05, 3.63) is 0 Å². The quantitative estimate of drug-likeness (QED) is 0.416. The van der Waals surface area contributed by atoms with Gasteiger partial charge >= 0.3 is 34.8 Å². The Labute approximate surface area is 42.0 Å². The molecule has 0 rings (SSSR count). The van der Waals surface area contributed by atoms with Gasteiger partial charge in [-0.3, -0.25) is 0 Å². The van der Waals surface area contributed by atoms with Gasteiger partial charge in [-0.15, -0.1) is 0 Å². The molecule has 8 heavy (non-hydrogen) atoms. The van der Waals surface area contributed by atoms with E-state index in [1.807, 2.05) is 0 Å². The summed E-state index contributed by atoms with van der Waals surface area (Å²) >= 11 is -11.0. The maximum absolute atomic E-state index is 11.0. The Balaban J connectivity index is 0. The Bertz CT molecular complexity index is 67.1. The van der Waals surface area contributed by atoms with E-state index in [4.69, 9.17) is 0 Å². The third kappa shape index (κ3) is 29800. The van der Waals surface area contributed by atoms with Gasteiger partial charge in [-0.25, -0.2) is 0 Å². The van der Waals surface area contributed by atoms with Crippen molar-refractivity contribution < 1.29 is 21.1 Å². The second kappa shape index (κ2) is 1.15. The zero-order chi connectivity index (χ0) is 6.41. The van der Waals surface area contributed by atoms with Crippen LogP contribution in [0, 0.1) is 0 Å². The van der Waals surface area contributed by atoms with Crippen LogP contribution in [-0.2, 0) is 0 Å². The molecule has 1 nitrogen and oxygen atoms in total. The maximum Gasteiger partial charge on any atom is -0.369 e. The van der Waals surface area contributed by atoms with E-state index in [2.05, 4.69) is 0 Å². The van der Waals surface area contributed by atoms with E-state index in [9.17, 15) is 21.1 Å². The summed E-state index contributed by atoms with van der Waals surface area (Å²) < 4.78 is 59.4. The predicted octanol–water partition coefficient (Wildman–Crippen LogP) is 2.52. The summed E-state index contributed by atoms with van der Waals surface area (Å²) in [5.74, 6) is 0. The molecule has 8 heteroatoms. The fraction of sp³-hybridized carbons (Fsp3) is 0. The van der Waals surface area contributed by atoms with Crippen molar-refractivity contribution in [1.82, 2.24) is 6.15 Å². The van der Waals surface area contributed by atoms with Crippen LogP contribution in [0.1, 0.15) is 0 Å². The number of quaternary nitrogens is 1. The number of hydrogen-bond acceptors (Lipinski definition) is 0. The first-order chi connectivity index (χ1) is 2.45. The van der Waals surface area contributed by atoms with Crippen molar-refractivity contribution in [3.8, 4) is 0 Å². The van der Waals surface area contributed by atoms with Crippen LogP contribution in [0.4, 0.5) is 21.1 Å². The van der Waals surface area contributed by atoms with Crippen molar-refractivity contribution >= 4 is 13.7 Å². The molecule has 0 bridgehead atoms. The first-order valence-electron chi connectivity index (χ1n) is 1.31. The van der Waals surface area contributed by atoms with Gasteiger partial charge in [0.05, 0.1) is 0 Å².